The van der Waals surface area contributed by atoms with Gasteiger partial charge in [-0.3, -0.25) is 4.79 Å². The number of fused-ring (bicyclic) bond motifs is 1. The SMILES string of the molecule is Nc1cccc2c1C(=O)NCC2c1ccccc1Br. The Balaban J connectivity index is 2.17. The molecule has 1 heterocycles. The first kappa shape index (κ1) is 12.2. The van der Waals surface area contributed by atoms with E-state index in [4.69, 9.17) is 5.73 Å². The van der Waals surface area contributed by atoms with E-state index in [1.807, 2.05) is 30.3 Å². The van der Waals surface area contributed by atoms with Crippen molar-refractivity contribution in [3.63, 3.8) is 0 Å². The highest BCUT2D eigenvalue weighted by Crippen LogP contribution is 2.35. The fourth-order valence-electron chi connectivity index (χ4n) is 2.57. The van der Waals surface area contributed by atoms with Gasteiger partial charge < -0.3 is 11.1 Å². The van der Waals surface area contributed by atoms with Crippen LogP contribution in [0.3, 0.4) is 0 Å². The summed E-state index contributed by atoms with van der Waals surface area (Å²) in [7, 11) is 0. The molecule has 3 N–H and O–H groups in total. The Hall–Kier alpha value is -1.81. The largest absolute Gasteiger partial charge is 0.398 e. The van der Waals surface area contributed by atoms with Gasteiger partial charge in [0.25, 0.3) is 5.91 Å². The second kappa shape index (κ2) is 4.70. The second-order valence-electron chi connectivity index (χ2n) is 4.60. The lowest BCUT2D eigenvalue weighted by Gasteiger charge is -2.27. The van der Waals surface area contributed by atoms with E-state index in [9.17, 15) is 4.79 Å². The number of halogens is 1. The first-order chi connectivity index (χ1) is 9.18. The van der Waals surface area contributed by atoms with E-state index in [1.165, 1.54) is 0 Å². The number of carbonyl (C=O) groups excluding carboxylic acids is 1. The van der Waals surface area contributed by atoms with E-state index in [0.717, 1.165) is 15.6 Å². The van der Waals surface area contributed by atoms with Crippen LogP contribution in [0.1, 0.15) is 27.4 Å². The predicted octanol–water partition coefficient (Wildman–Crippen LogP) is 2.91. The van der Waals surface area contributed by atoms with Gasteiger partial charge in [-0.15, -0.1) is 0 Å². The van der Waals surface area contributed by atoms with Crippen LogP contribution in [0, 0.1) is 0 Å². The smallest absolute Gasteiger partial charge is 0.253 e. The van der Waals surface area contributed by atoms with E-state index in [0.29, 0.717) is 17.8 Å². The predicted molar refractivity (Wildman–Crippen MR) is 79.2 cm³/mol. The van der Waals surface area contributed by atoms with Crippen molar-refractivity contribution in [1.82, 2.24) is 5.32 Å². The van der Waals surface area contributed by atoms with Crippen molar-refractivity contribution < 1.29 is 4.79 Å². The molecule has 2 aromatic carbocycles. The Labute approximate surface area is 119 Å². The summed E-state index contributed by atoms with van der Waals surface area (Å²) in [6.45, 7) is 0.595. The normalized spacial score (nSPS) is 17.7. The highest BCUT2D eigenvalue weighted by atomic mass is 79.9. The number of hydrogen-bond donors (Lipinski definition) is 2. The van der Waals surface area contributed by atoms with Crippen LogP contribution < -0.4 is 11.1 Å². The van der Waals surface area contributed by atoms with Crippen LogP contribution in [-0.2, 0) is 0 Å². The number of nitrogens with two attached hydrogens (primary N) is 1. The van der Waals surface area contributed by atoms with Crippen LogP contribution in [0.2, 0.25) is 0 Å². The van der Waals surface area contributed by atoms with Gasteiger partial charge in [-0.1, -0.05) is 46.3 Å². The van der Waals surface area contributed by atoms with Crippen molar-refractivity contribution in [2.24, 2.45) is 0 Å². The summed E-state index contributed by atoms with van der Waals surface area (Å²) in [5.41, 5.74) is 9.24. The molecule has 0 aromatic heterocycles. The van der Waals surface area contributed by atoms with Gasteiger partial charge in [0, 0.05) is 22.6 Å². The van der Waals surface area contributed by atoms with Crippen molar-refractivity contribution in [2.75, 3.05) is 12.3 Å². The van der Waals surface area contributed by atoms with Gasteiger partial charge >= 0.3 is 0 Å². The minimum atomic E-state index is -0.0867. The van der Waals surface area contributed by atoms with Gasteiger partial charge in [-0.25, -0.2) is 0 Å². The highest BCUT2D eigenvalue weighted by Gasteiger charge is 2.28. The molecule has 0 aliphatic carbocycles. The van der Waals surface area contributed by atoms with Crippen LogP contribution >= 0.6 is 15.9 Å². The van der Waals surface area contributed by atoms with Crippen LogP contribution in [-0.4, -0.2) is 12.5 Å². The molecule has 1 amide bonds. The Morgan fingerprint density at radius 1 is 1.11 bits per heavy atom. The molecule has 19 heavy (non-hydrogen) atoms. The average molecular weight is 317 g/mol. The van der Waals surface area contributed by atoms with Crippen LogP contribution in [0.25, 0.3) is 0 Å². The Bertz CT molecular complexity index is 654. The molecule has 0 spiro atoms. The number of benzene rings is 2. The number of carbonyl (C=O) groups is 1. The zero-order chi connectivity index (χ0) is 13.4. The molecule has 1 aliphatic heterocycles. The molecular formula is C15H13BrN2O. The number of anilines is 1. The molecule has 1 aliphatic rings. The van der Waals surface area contributed by atoms with Crippen molar-refractivity contribution in [3.8, 4) is 0 Å². The molecule has 3 nitrogen and oxygen atoms in total. The number of hydrogen-bond acceptors (Lipinski definition) is 2. The van der Waals surface area contributed by atoms with E-state index >= 15 is 0 Å². The van der Waals surface area contributed by atoms with Gasteiger partial charge in [-0.2, -0.15) is 0 Å². The Morgan fingerprint density at radius 2 is 1.84 bits per heavy atom. The monoisotopic (exact) mass is 316 g/mol. The van der Waals surface area contributed by atoms with Gasteiger partial charge in [-0.05, 0) is 23.3 Å². The van der Waals surface area contributed by atoms with Gasteiger partial charge in [0.2, 0.25) is 0 Å². The van der Waals surface area contributed by atoms with E-state index in [-0.39, 0.29) is 11.8 Å². The van der Waals surface area contributed by atoms with Crippen LogP contribution in [0.15, 0.2) is 46.9 Å². The molecule has 0 saturated heterocycles. The third-order valence-electron chi connectivity index (χ3n) is 3.48. The number of nitrogens with one attached hydrogen (secondary N) is 1. The van der Waals surface area contributed by atoms with E-state index in [2.05, 4.69) is 27.3 Å². The van der Waals surface area contributed by atoms with Crippen molar-refractivity contribution in [2.45, 2.75) is 5.92 Å². The number of rotatable bonds is 1. The van der Waals surface area contributed by atoms with Crippen LogP contribution in [0.5, 0.6) is 0 Å². The van der Waals surface area contributed by atoms with Crippen molar-refractivity contribution in [1.29, 1.82) is 0 Å². The summed E-state index contributed by atoms with van der Waals surface area (Å²) < 4.78 is 1.05. The minimum absolute atomic E-state index is 0.0867. The second-order valence-corrected chi connectivity index (χ2v) is 5.45. The van der Waals surface area contributed by atoms with Crippen molar-refractivity contribution in [3.05, 3.63) is 63.6 Å². The summed E-state index contributed by atoms with van der Waals surface area (Å²) in [6, 6.07) is 13.7. The molecule has 96 valence electrons. The van der Waals surface area contributed by atoms with E-state index in [1.54, 1.807) is 6.07 Å². The lowest BCUT2D eigenvalue weighted by atomic mass is 9.84. The van der Waals surface area contributed by atoms with Gasteiger partial charge in [0.15, 0.2) is 0 Å². The highest BCUT2D eigenvalue weighted by molar-refractivity contribution is 9.10. The molecule has 0 bridgehead atoms. The molecule has 4 heteroatoms. The molecule has 0 radical (unpaired) electrons. The third kappa shape index (κ3) is 2.02. The van der Waals surface area contributed by atoms with E-state index < -0.39 is 0 Å². The third-order valence-corrected chi connectivity index (χ3v) is 4.20. The number of amides is 1. The maximum Gasteiger partial charge on any atom is 0.253 e. The average Bonchev–Trinajstić information content (AvgIpc) is 2.40. The maximum atomic E-state index is 12.0. The minimum Gasteiger partial charge on any atom is -0.398 e. The molecular weight excluding hydrogens is 304 g/mol. The molecule has 1 atom stereocenters. The summed E-state index contributed by atoms with van der Waals surface area (Å²) in [6.07, 6.45) is 0. The zero-order valence-corrected chi connectivity index (χ0v) is 11.8. The molecule has 1 unspecified atom stereocenters. The fraction of sp³-hybridized carbons (Fsp3) is 0.133. The fourth-order valence-corrected chi connectivity index (χ4v) is 3.13. The lowest BCUT2D eigenvalue weighted by molar-refractivity contribution is 0.0943. The summed E-state index contributed by atoms with van der Waals surface area (Å²) in [5.74, 6) is 0.0446. The number of nitrogen functional groups attached to an aromatic ring is 1. The zero-order valence-electron chi connectivity index (χ0n) is 10.2. The first-order valence-corrected chi connectivity index (χ1v) is 6.89. The molecule has 0 saturated carbocycles. The van der Waals surface area contributed by atoms with Crippen LogP contribution in [0.4, 0.5) is 5.69 Å². The molecule has 3 rings (SSSR count). The molecule has 0 fully saturated rings. The molecule has 2 aromatic rings. The summed E-state index contributed by atoms with van der Waals surface area (Å²) in [5, 5.41) is 2.92. The van der Waals surface area contributed by atoms with Crippen molar-refractivity contribution >= 4 is 27.5 Å². The Kier molecular flexibility index (Phi) is 3.03. The van der Waals surface area contributed by atoms with Gasteiger partial charge in [0.1, 0.15) is 0 Å². The Morgan fingerprint density at radius 3 is 2.63 bits per heavy atom. The topological polar surface area (TPSA) is 55.1 Å². The summed E-state index contributed by atoms with van der Waals surface area (Å²) >= 11 is 3.57. The standard InChI is InChI=1S/C15H13BrN2O/c16-12-6-2-1-4-9(12)11-8-18-15(19)14-10(11)5-3-7-13(14)17/h1-7,11H,8,17H2,(H,18,19). The summed E-state index contributed by atoms with van der Waals surface area (Å²) in [4.78, 5) is 12.0. The lowest BCUT2D eigenvalue weighted by Crippen LogP contribution is -2.36. The maximum absolute atomic E-state index is 12.0. The quantitative estimate of drug-likeness (QED) is 0.795. The first-order valence-electron chi connectivity index (χ1n) is 6.09. The van der Waals surface area contributed by atoms with Gasteiger partial charge in [0.05, 0.1) is 5.56 Å².